The lowest BCUT2D eigenvalue weighted by Crippen LogP contribution is -2.24. The number of amides is 1. The minimum absolute atomic E-state index is 0.276. The summed E-state index contributed by atoms with van der Waals surface area (Å²) in [5.74, 6) is 1.67. The van der Waals surface area contributed by atoms with Gasteiger partial charge in [-0.05, 0) is 36.2 Å². The van der Waals surface area contributed by atoms with Crippen LogP contribution in [0, 0.1) is 0 Å². The normalized spacial score (nSPS) is 10.2. The van der Waals surface area contributed by atoms with Gasteiger partial charge >= 0.3 is 0 Å². The largest absolute Gasteiger partial charge is 0.493 e. The van der Waals surface area contributed by atoms with E-state index in [2.05, 4.69) is 27.8 Å². The molecule has 7 nitrogen and oxygen atoms in total. The third-order valence-electron chi connectivity index (χ3n) is 3.63. The van der Waals surface area contributed by atoms with E-state index in [0.29, 0.717) is 23.9 Å². The van der Waals surface area contributed by atoms with Crippen molar-refractivity contribution in [3.05, 3.63) is 41.6 Å². The van der Waals surface area contributed by atoms with Crippen molar-refractivity contribution in [1.82, 2.24) is 15.5 Å². The Bertz CT molecular complexity index is 689. The second-order valence-electron chi connectivity index (χ2n) is 5.46. The van der Waals surface area contributed by atoms with E-state index in [9.17, 15) is 4.79 Å². The zero-order valence-electron chi connectivity index (χ0n) is 14.8. The zero-order chi connectivity index (χ0) is 18.1. The molecule has 0 aliphatic heterocycles. The first-order valence-corrected chi connectivity index (χ1v) is 8.24. The van der Waals surface area contributed by atoms with Gasteiger partial charge in [0.15, 0.2) is 17.2 Å². The molecule has 0 bridgehead atoms. The lowest BCUT2D eigenvalue weighted by molar-refractivity contribution is 0.0945. The van der Waals surface area contributed by atoms with Gasteiger partial charge in [-0.2, -0.15) is 0 Å². The first-order valence-electron chi connectivity index (χ1n) is 8.24. The number of carbonyl (C=O) groups excluding carboxylic acids is 1. The molecule has 2 rings (SSSR count). The fraction of sp³-hybridized carbons (Fsp3) is 0.389. The summed E-state index contributed by atoms with van der Waals surface area (Å²) in [4.78, 5) is 12.2. The maximum atomic E-state index is 12.2. The Morgan fingerprint density at radius 1 is 1.08 bits per heavy atom. The number of hydrogen-bond acceptors (Lipinski definition) is 6. The SMILES string of the molecule is CCCCNc1ccc(C(=O)NCc2ccc(OC)c(OC)c2)nn1. The highest BCUT2D eigenvalue weighted by Crippen LogP contribution is 2.27. The molecule has 1 amide bonds. The van der Waals surface area contributed by atoms with Gasteiger partial charge in [0.25, 0.3) is 5.91 Å². The van der Waals surface area contributed by atoms with Crippen molar-refractivity contribution in [2.75, 3.05) is 26.1 Å². The molecule has 0 saturated heterocycles. The lowest BCUT2D eigenvalue weighted by Gasteiger charge is -2.10. The molecule has 7 heteroatoms. The molecular weight excluding hydrogens is 320 g/mol. The van der Waals surface area contributed by atoms with E-state index in [1.165, 1.54) is 0 Å². The summed E-state index contributed by atoms with van der Waals surface area (Å²) in [5, 5.41) is 14.0. The van der Waals surface area contributed by atoms with Crippen molar-refractivity contribution < 1.29 is 14.3 Å². The molecule has 0 aliphatic carbocycles. The highest BCUT2D eigenvalue weighted by Gasteiger charge is 2.09. The maximum absolute atomic E-state index is 12.2. The van der Waals surface area contributed by atoms with Crippen molar-refractivity contribution in [2.45, 2.75) is 26.3 Å². The molecule has 1 aromatic heterocycles. The molecule has 1 heterocycles. The van der Waals surface area contributed by atoms with E-state index in [4.69, 9.17) is 9.47 Å². The number of unbranched alkanes of at least 4 members (excludes halogenated alkanes) is 1. The average Bonchev–Trinajstić information content (AvgIpc) is 2.66. The van der Waals surface area contributed by atoms with Crippen LogP contribution in [0.25, 0.3) is 0 Å². The predicted octanol–water partition coefficient (Wildman–Crippen LogP) is 2.64. The number of ether oxygens (including phenoxy) is 2. The van der Waals surface area contributed by atoms with Crippen molar-refractivity contribution in [1.29, 1.82) is 0 Å². The highest BCUT2D eigenvalue weighted by atomic mass is 16.5. The van der Waals surface area contributed by atoms with E-state index in [0.717, 1.165) is 24.9 Å². The Labute approximate surface area is 147 Å². The van der Waals surface area contributed by atoms with Crippen LogP contribution in [0.5, 0.6) is 11.5 Å². The third kappa shape index (κ3) is 5.34. The van der Waals surface area contributed by atoms with Crippen molar-refractivity contribution in [3.63, 3.8) is 0 Å². The van der Waals surface area contributed by atoms with Gasteiger partial charge in [-0.1, -0.05) is 19.4 Å². The molecule has 0 fully saturated rings. The fourth-order valence-corrected chi connectivity index (χ4v) is 2.20. The van der Waals surface area contributed by atoms with E-state index in [1.54, 1.807) is 32.4 Å². The molecule has 0 aliphatic rings. The van der Waals surface area contributed by atoms with Crippen LogP contribution in [-0.2, 0) is 6.54 Å². The molecule has 0 saturated carbocycles. The van der Waals surface area contributed by atoms with Crippen LogP contribution in [0.3, 0.4) is 0 Å². The summed E-state index contributed by atoms with van der Waals surface area (Å²) in [5.41, 5.74) is 1.18. The van der Waals surface area contributed by atoms with Crippen LogP contribution in [-0.4, -0.2) is 36.9 Å². The van der Waals surface area contributed by atoms with Crippen molar-refractivity contribution in [2.24, 2.45) is 0 Å². The molecule has 0 atom stereocenters. The number of hydrogen-bond donors (Lipinski definition) is 2. The monoisotopic (exact) mass is 344 g/mol. The number of nitrogens with one attached hydrogen (secondary N) is 2. The summed E-state index contributed by atoms with van der Waals surface area (Å²) < 4.78 is 10.5. The van der Waals surface area contributed by atoms with Gasteiger partial charge in [0.2, 0.25) is 0 Å². The Balaban J connectivity index is 1.91. The molecule has 2 aromatic rings. The summed E-state index contributed by atoms with van der Waals surface area (Å²) in [7, 11) is 3.16. The molecule has 134 valence electrons. The summed E-state index contributed by atoms with van der Waals surface area (Å²) >= 11 is 0. The number of methoxy groups -OCH3 is 2. The topological polar surface area (TPSA) is 85.4 Å². The van der Waals surface area contributed by atoms with E-state index >= 15 is 0 Å². The van der Waals surface area contributed by atoms with Gasteiger partial charge in [0, 0.05) is 13.1 Å². The van der Waals surface area contributed by atoms with Gasteiger partial charge in [-0.3, -0.25) is 4.79 Å². The number of nitrogens with zero attached hydrogens (tertiary/aromatic N) is 2. The summed E-state index contributed by atoms with van der Waals surface area (Å²) in [6.45, 7) is 3.33. The van der Waals surface area contributed by atoms with Crippen LogP contribution >= 0.6 is 0 Å². The summed E-state index contributed by atoms with van der Waals surface area (Å²) in [6.07, 6.45) is 2.17. The molecule has 1 aromatic carbocycles. The molecule has 25 heavy (non-hydrogen) atoms. The minimum Gasteiger partial charge on any atom is -0.493 e. The Morgan fingerprint density at radius 3 is 2.52 bits per heavy atom. The molecule has 0 radical (unpaired) electrons. The second kappa shape index (κ2) is 9.46. The van der Waals surface area contributed by atoms with Crippen LogP contribution in [0.1, 0.15) is 35.8 Å². The average molecular weight is 344 g/mol. The molecule has 2 N–H and O–H groups in total. The summed E-state index contributed by atoms with van der Waals surface area (Å²) in [6, 6.07) is 8.91. The van der Waals surface area contributed by atoms with E-state index in [-0.39, 0.29) is 11.6 Å². The number of rotatable bonds is 9. The van der Waals surface area contributed by atoms with Gasteiger partial charge in [-0.15, -0.1) is 10.2 Å². The maximum Gasteiger partial charge on any atom is 0.272 e. The van der Waals surface area contributed by atoms with E-state index in [1.807, 2.05) is 12.1 Å². The molecule has 0 unspecified atom stereocenters. The highest BCUT2D eigenvalue weighted by molar-refractivity contribution is 5.92. The fourth-order valence-electron chi connectivity index (χ4n) is 2.20. The first kappa shape index (κ1) is 18.5. The minimum atomic E-state index is -0.276. The molecular formula is C18H24N4O3. The number of benzene rings is 1. The van der Waals surface area contributed by atoms with Gasteiger partial charge < -0.3 is 20.1 Å². The van der Waals surface area contributed by atoms with Crippen LogP contribution < -0.4 is 20.1 Å². The van der Waals surface area contributed by atoms with Crippen molar-refractivity contribution in [3.8, 4) is 11.5 Å². The van der Waals surface area contributed by atoms with E-state index < -0.39 is 0 Å². The number of anilines is 1. The first-order chi connectivity index (χ1) is 12.2. The quantitative estimate of drug-likeness (QED) is 0.680. The van der Waals surface area contributed by atoms with Crippen LogP contribution in [0.15, 0.2) is 30.3 Å². The number of carbonyl (C=O) groups is 1. The Kier molecular flexibility index (Phi) is 7.00. The van der Waals surface area contributed by atoms with Gasteiger partial charge in [0.05, 0.1) is 14.2 Å². The second-order valence-corrected chi connectivity index (χ2v) is 5.46. The standard InChI is InChI=1S/C18H24N4O3/c1-4-5-10-19-17-9-7-14(21-22-17)18(23)20-12-13-6-8-15(24-2)16(11-13)25-3/h6-9,11H,4-5,10,12H2,1-3H3,(H,19,22)(H,20,23). The van der Waals surface area contributed by atoms with Gasteiger partial charge in [-0.25, -0.2) is 0 Å². The predicted molar refractivity (Wildman–Crippen MR) is 96.1 cm³/mol. The molecule has 0 spiro atoms. The van der Waals surface area contributed by atoms with Crippen LogP contribution in [0.2, 0.25) is 0 Å². The van der Waals surface area contributed by atoms with Crippen LogP contribution in [0.4, 0.5) is 5.82 Å². The smallest absolute Gasteiger partial charge is 0.272 e. The zero-order valence-corrected chi connectivity index (χ0v) is 14.8. The third-order valence-corrected chi connectivity index (χ3v) is 3.63. The lowest BCUT2D eigenvalue weighted by atomic mass is 10.2. The van der Waals surface area contributed by atoms with Gasteiger partial charge in [0.1, 0.15) is 5.82 Å². The Morgan fingerprint density at radius 2 is 1.88 bits per heavy atom. The Hall–Kier alpha value is -2.83. The number of aromatic nitrogens is 2. The van der Waals surface area contributed by atoms with Crippen molar-refractivity contribution >= 4 is 11.7 Å².